The van der Waals surface area contributed by atoms with Gasteiger partial charge in [-0.2, -0.15) is 0 Å². The fraction of sp³-hybridized carbons (Fsp3) is 0.833. The molecule has 0 aromatic heterocycles. The Hall–Kier alpha value is -1.34. The molecule has 1 heterocycles. The van der Waals surface area contributed by atoms with E-state index in [2.05, 4.69) is 5.32 Å². The zero-order valence-corrected chi connectivity index (χ0v) is 11.6. The number of hydrogen-bond acceptors (Lipinski definition) is 4. The number of likely N-dealkylation sites (N-methyl/N-ethyl adjacent to an activating group) is 1. The van der Waals surface area contributed by atoms with E-state index in [4.69, 9.17) is 9.84 Å². The van der Waals surface area contributed by atoms with Gasteiger partial charge in [-0.15, -0.1) is 0 Å². The van der Waals surface area contributed by atoms with E-state index in [1.54, 1.807) is 0 Å². The van der Waals surface area contributed by atoms with Crippen molar-refractivity contribution in [1.82, 2.24) is 15.1 Å². The van der Waals surface area contributed by atoms with Crippen LogP contribution < -0.4 is 5.32 Å². The summed E-state index contributed by atoms with van der Waals surface area (Å²) in [5, 5.41) is 11.7. The summed E-state index contributed by atoms with van der Waals surface area (Å²) in [6.07, 6.45) is 1.27. The van der Waals surface area contributed by atoms with Crippen LogP contribution in [0.4, 0.5) is 4.79 Å². The van der Waals surface area contributed by atoms with Gasteiger partial charge in [-0.3, -0.25) is 0 Å². The van der Waals surface area contributed by atoms with Gasteiger partial charge in [0, 0.05) is 19.6 Å². The highest BCUT2D eigenvalue weighted by atomic mass is 16.5. The minimum Gasteiger partial charge on any atom is -0.480 e. The minimum atomic E-state index is -0.935. The first kappa shape index (κ1) is 15.7. The van der Waals surface area contributed by atoms with E-state index in [9.17, 15) is 9.59 Å². The van der Waals surface area contributed by atoms with E-state index < -0.39 is 12.0 Å². The highest BCUT2D eigenvalue weighted by Crippen LogP contribution is 2.16. The number of carboxylic acid groups (broad SMARTS) is 1. The summed E-state index contributed by atoms with van der Waals surface area (Å²) >= 11 is 0. The molecule has 2 amide bonds. The first-order valence-electron chi connectivity index (χ1n) is 6.52. The highest BCUT2D eigenvalue weighted by Gasteiger charge is 2.33. The van der Waals surface area contributed by atoms with E-state index in [1.807, 2.05) is 19.0 Å². The van der Waals surface area contributed by atoms with Gasteiger partial charge in [-0.05, 0) is 26.9 Å². The van der Waals surface area contributed by atoms with Crippen LogP contribution in [0.5, 0.6) is 0 Å². The molecule has 1 aliphatic heterocycles. The van der Waals surface area contributed by atoms with Gasteiger partial charge in [-0.1, -0.05) is 0 Å². The van der Waals surface area contributed by atoms with Crippen molar-refractivity contribution in [3.8, 4) is 0 Å². The standard InChI is InChI=1S/C12H23N3O4/c1-14(2)7-9-19-8-5-13-12(18)15-6-3-4-10(15)11(16)17/h10H,3-9H2,1-2H3,(H,13,18)(H,16,17)/t10-/m1/s1. The minimum absolute atomic E-state index is 0.318. The molecule has 0 saturated carbocycles. The number of nitrogens with zero attached hydrogens (tertiary/aromatic N) is 2. The predicted molar refractivity (Wildman–Crippen MR) is 70.1 cm³/mol. The summed E-state index contributed by atoms with van der Waals surface area (Å²) in [6, 6.07) is -1.00. The fourth-order valence-electron chi connectivity index (χ4n) is 1.95. The smallest absolute Gasteiger partial charge is 0.326 e. The van der Waals surface area contributed by atoms with Crippen LogP contribution in [0.25, 0.3) is 0 Å². The van der Waals surface area contributed by atoms with Crippen molar-refractivity contribution in [2.75, 3.05) is 46.9 Å². The average Bonchev–Trinajstić information content (AvgIpc) is 2.82. The van der Waals surface area contributed by atoms with Gasteiger partial charge in [0.1, 0.15) is 6.04 Å². The molecule has 1 fully saturated rings. The molecular formula is C12H23N3O4. The molecule has 0 bridgehead atoms. The van der Waals surface area contributed by atoms with Crippen molar-refractivity contribution < 1.29 is 19.4 Å². The van der Waals surface area contributed by atoms with Crippen LogP contribution in [0.2, 0.25) is 0 Å². The molecular weight excluding hydrogens is 250 g/mol. The molecule has 7 heteroatoms. The lowest BCUT2D eigenvalue weighted by Gasteiger charge is -2.21. The lowest BCUT2D eigenvalue weighted by atomic mass is 10.2. The van der Waals surface area contributed by atoms with Crippen molar-refractivity contribution in [3.05, 3.63) is 0 Å². The Balaban J connectivity index is 2.15. The maximum absolute atomic E-state index is 11.8. The molecule has 1 saturated heterocycles. The Morgan fingerprint density at radius 2 is 2.16 bits per heavy atom. The Bertz CT molecular complexity index is 309. The largest absolute Gasteiger partial charge is 0.480 e. The summed E-state index contributed by atoms with van der Waals surface area (Å²) in [5.41, 5.74) is 0. The maximum Gasteiger partial charge on any atom is 0.326 e. The van der Waals surface area contributed by atoms with E-state index >= 15 is 0 Å². The molecule has 0 unspecified atom stereocenters. The number of urea groups is 1. The summed E-state index contributed by atoms with van der Waals surface area (Å²) in [5.74, 6) is -0.935. The van der Waals surface area contributed by atoms with E-state index in [0.717, 1.165) is 13.0 Å². The molecule has 19 heavy (non-hydrogen) atoms. The van der Waals surface area contributed by atoms with Crippen molar-refractivity contribution in [3.63, 3.8) is 0 Å². The lowest BCUT2D eigenvalue weighted by molar-refractivity contribution is -0.141. The maximum atomic E-state index is 11.8. The van der Waals surface area contributed by atoms with Crippen molar-refractivity contribution in [2.45, 2.75) is 18.9 Å². The van der Waals surface area contributed by atoms with Crippen LogP contribution >= 0.6 is 0 Å². The number of carboxylic acids is 1. The van der Waals surface area contributed by atoms with E-state index in [-0.39, 0.29) is 6.03 Å². The summed E-state index contributed by atoms with van der Waals surface area (Å²) < 4.78 is 5.34. The van der Waals surface area contributed by atoms with Crippen LogP contribution in [-0.4, -0.2) is 79.9 Å². The first-order valence-corrected chi connectivity index (χ1v) is 6.52. The number of carbonyl (C=O) groups excluding carboxylic acids is 1. The van der Waals surface area contributed by atoms with Crippen LogP contribution in [0.3, 0.4) is 0 Å². The Kier molecular flexibility index (Phi) is 6.58. The molecule has 0 radical (unpaired) electrons. The van der Waals surface area contributed by atoms with Gasteiger partial charge in [0.05, 0.1) is 13.2 Å². The quantitative estimate of drug-likeness (QED) is 0.629. The molecule has 0 aromatic rings. The normalized spacial score (nSPS) is 18.9. The average molecular weight is 273 g/mol. The zero-order valence-electron chi connectivity index (χ0n) is 11.6. The van der Waals surface area contributed by atoms with Crippen LogP contribution in [0.15, 0.2) is 0 Å². The number of aliphatic carboxylic acids is 1. The molecule has 1 aliphatic rings. The number of likely N-dealkylation sites (tertiary alicyclic amines) is 1. The third-order valence-corrected chi connectivity index (χ3v) is 3.00. The van der Waals surface area contributed by atoms with E-state index in [1.165, 1.54) is 4.90 Å². The molecule has 110 valence electrons. The summed E-state index contributed by atoms with van der Waals surface area (Å²) in [4.78, 5) is 26.1. The molecule has 1 atom stereocenters. The van der Waals surface area contributed by atoms with Crippen molar-refractivity contribution >= 4 is 12.0 Å². The van der Waals surface area contributed by atoms with Gasteiger partial charge in [0.25, 0.3) is 0 Å². The Morgan fingerprint density at radius 3 is 2.79 bits per heavy atom. The molecule has 7 nitrogen and oxygen atoms in total. The van der Waals surface area contributed by atoms with Crippen molar-refractivity contribution in [1.29, 1.82) is 0 Å². The SMILES string of the molecule is CN(C)CCOCCNC(=O)N1CCC[C@@H]1C(=O)O. The predicted octanol–water partition coefficient (Wildman–Crippen LogP) is -0.177. The molecule has 2 N–H and O–H groups in total. The Morgan fingerprint density at radius 1 is 1.42 bits per heavy atom. The molecule has 0 aromatic carbocycles. The third kappa shape index (κ3) is 5.44. The van der Waals surface area contributed by atoms with Gasteiger partial charge >= 0.3 is 12.0 Å². The number of carbonyl (C=O) groups is 2. The molecule has 1 rings (SSSR count). The first-order chi connectivity index (χ1) is 9.02. The lowest BCUT2D eigenvalue weighted by Crippen LogP contribution is -2.46. The zero-order chi connectivity index (χ0) is 14.3. The number of nitrogens with one attached hydrogen (secondary N) is 1. The van der Waals surface area contributed by atoms with Gasteiger partial charge in [0.2, 0.25) is 0 Å². The molecule has 0 spiro atoms. The summed E-state index contributed by atoms with van der Waals surface area (Å²) in [6.45, 7) is 2.79. The Labute approximate surface area is 113 Å². The fourth-order valence-corrected chi connectivity index (χ4v) is 1.95. The number of ether oxygens (including phenoxy) is 1. The second-order valence-corrected chi connectivity index (χ2v) is 4.84. The number of amides is 2. The molecule has 0 aliphatic carbocycles. The van der Waals surface area contributed by atoms with Crippen LogP contribution in [0.1, 0.15) is 12.8 Å². The van der Waals surface area contributed by atoms with Crippen molar-refractivity contribution in [2.24, 2.45) is 0 Å². The number of hydrogen-bond donors (Lipinski definition) is 2. The van der Waals surface area contributed by atoms with Gasteiger partial charge in [-0.25, -0.2) is 9.59 Å². The van der Waals surface area contributed by atoms with Gasteiger partial charge < -0.3 is 25.0 Å². The topological polar surface area (TPSA) is 82.1 Å². The van der Waals surface area contributed by atoms with E-state index in [0.29, 0.717) is 32.7 Å². The monoisotopic (exact) mass is 273 g/mol. The van der Waals surface area contributed by atoms with Crippen LogP contribution in [-0.2, 0) is 9.53 Å². The second kappa shape index (κ2) is 7.96. The second-order valence-electron chi connectivity index (χ2n) is 4.84. The van der Waals surface area contributed by atoms with Crippen LogP contribution in [0, 0.1) is 0 Å². The highest BCUT2D eigenvalue weighted by molar-refractivity contribution is 5.83. The van der Waals surface area contributed by atoms with Gasteiger partial charge in [0.15, 0.2) is 0 Å². The summed E-state index contributed by atoms with van der Waals surface area (Å²) in [7, 11) is 3.93. The third-order valence-electron chi connectivity index (χ3n) is 3.00. The number of rotatable bonds is 7.